The molecule has 0 heterocycles. The van der Waals surface area contributed by atoms with Crippen LogP contribution in [0, 0.1) is 5.92 Å². The van der Waals surface area contributed by atoms with Gasteiger partial charge in [0, 0.05) is 32.7 Å². The number of carbonyl (C=O) groups excluding carboxylic acids is 1. The van der Waals surface area contributed by atoms with Crippen LogP contribution in [0.4, 0.5) is 0 Å². The van der Waals surface area contributed by atoms with E-state index < -0.39 is 0 Å². The molecule has 0 atom stereocenters. The van der Waals surface area contributed by atoms with Crippen molar-refractivity contribution >= 4 is 6.47 Å². The predicted octanol–water partition coefficient (Wildman–Crippen LogP) is 2.82. The van der Waals surface area contributed by atoms with Gasteiger partial charge in [0.15, 0.2) is 0 Å². The quantitative estimate of drug-likeness (QED) is 0.719. The summed E-state index contributed by atoms with van der Waals surface area (Å²) in [4.78, 5) is 10.3. The van der Waals surface area contributed by atoms with Crippen LogP contribution in [0.3, 0.4) is 0 Å². The third kappa shape index (κ3) is 3.03. The van der Waals surface area contributed by atoms with Crippen molar-refractivity contribution in [3.05, 3.63) is 0 Å². The minimum atomic E-state index is -0.210. The molecule has 0 aromatic carbocycles. The summed E-state index contributed by atoms with van der Waals surface area (Å²) in [5, 5.41) is 0. The summed E-state index contributed by atoms with van der Waals surface area (Å²) in [6.07, 6.45) is 6.84. The Balaban J connectivity index is 0.00000169. The summed E-state index contributed by atoms with van der Waals surface area (Å²) in [7, 11) is 0. The van der Waals surface area contributed by atoms with Gasteiger partial charge in [-0.3, -0.25) is 0 Å². The van der Waals surface area contributed by atoms with Crippen molar-refractivity contribution in [2.75, 3.05) is 0 Å². The van der Waals surface area contributed by atoms with Crippen LogP contribution in [0.25, 0.3) is 0 Å². The summed E-state index contributed by atoms with van der Waals surface area (Å²) in [5.41, 5.74) is -0.210. The number of ether oxygens (including phenoxy) is 1. The fourth-order valence-corrected chi connectivity index (χ4v) is 2.59. The number of hydrogen-bond donors (Lipinski definition) is 0. The topological polar surface area (TPSA) is 26.3 Å². The van der Waals surface area contributed by atoms with Gasteiger partial charge in [0.05, 0.1) is 5.60 Å². The molecule has 79 valence electrons. The maximum absolute atomic E-state index is 10.3. The first-order valence-corrected chi connectivity index (χ1v) is 5.34. The maximum atomic E-state index is 10.3. The summed E-state index contributed by atoms with van der Waals surface area (Å²) < 4.78 is 5.21. The second-order valence-corrected chi connectivity index (χ2v) is 3.94. The van der Waals surface area contributed by atoms with Crippen LogP contribution >= 0.6 is 0 Å². The Morgan fingerprint density at radius 2 is 1.79 bits per heavy atom. The van der Waals surface area contributed by atoms with Gasteiger partial charge < -0.3 is 9.53 Å². The van der Waals surface area contributed by atoms with Gasteiger partial charge in [-0.05, 0) is 31.6 Å². The van der Waals surface area contributed by atoms with E-state index in [1.54, 1.807) is 6.47 Å². The molecule has 1 aliphatic carbocycles. The molecule has 1 rings (SSSR count). The summed E-state index contributed by atoms with van der Waals surface area (Å²) in [6, 6.07) is 0. The predicted molar refractivity (Wildman–Crippen MR) is 52.0 cm³/mol. The molecule has 1 radical (unpaired) electrons. The molecule has 0 bridgehead atoms. The molecule has 1 fully saturated rings. The molecule has 0 N–H and O–H groups in total. The molecule has 0 amide bonds. The van der Waals surface area contributed by atoms with E-state index in [1.165, 1.54) is 25.7 Å². The Hall–Kier alpha value is 0.574. The van der Waals surface area contributed by atoms with E-state index in [1.807, 2.05) is 0 Å². The van der Waals surface area contributed by atoms with Gasteiger partial charge in [0.25, 0.3) is 0 Å². The average molecular weight is 272 g/mol. The molecular formula is C11H19O2Y-. The third-order valence-electron chi connectivity index (χ3n) is 3.54. The second kappa shape index (κ2) is 6.95. The van der Waals surface area contributed by atoms with Crippen molar-refractivity contribution in [2.45, 2.75) is 58.0 Å². The van der Waals surface area contributed by atoms with Crippen molar-refractivity contribution in [3.8, 4) is 0 Å². The molecule has 1 saturated carbocycles. The summed E-state index contributed by atoms with van der Waals surface area (Å²) in [6.45, 7) is 5.83. The van der Waals surface area contributed by atoms with Crippen molar-refractivity contribution in [1.29, 1.82) is 0 Å². The molecule has 14 heavy (non-hydrogen) atoms. The third-order valence-corrected chi connectivity index (χ3v) is 3.54. The number of hydrogen-bond acceptors (Lipinski definition) is 2. The first kappa shape index (κ1) is 14.6. The molecule has 1 aliphatic rings. The van der Waals surface area contributed by atoms with Gasteiger partial charge in [-0.1, -0.05) is 33.2 Å². The Labute approximate surface area is 112 Å². The van der Waals surface area contributed by atoms with Crippen LogP contribution < -0.4 is 0 Å². The minimum Gasteiger partial charge on any atom is -0.648 e. The van der Waals surface area contributed by atoms with Crippen molar-refractivity contribution in [2.24, 2.45) is 5.92 Å². The fourth-order valence-electron chi connectivity index (χ4n) is 2.59. The van der Waals surface area contributed by atoms with E-state index in [0.29, 0.717) is 5.92 Å². The van der Waals surface area contributed by atoms with E-state index in [4.69, 9.17) is 4.74 Å². The van der Waals surface area contributed by atoms with Crippen LogP contribution in [0.5, 0.6) is 0 Å². The van der Waals surface area contributed by atoms with Crippen molar-refractivity contribution < 1.29 is 42.2 Å². The summed E-state index contributed by atoms with van der Waals surface area (Å²) in [5.74, 6) is 0.573. The Bertz CT molecular complexity index is 161. The SMILES string of the molecule is CCC(CC)(O[C-]=O)C1CCCC1.[Y]. The molecule has 0 spiro atoms. The fraction of sp³-hybridized carbons (Fsp3) is 0.909. The molecule has 0 saturated heterocycles. The van der Waals surface area contributed by atoms with Crippen molar-refractivity contribution in [3.63, 3.8) is 0 Å². The average Bonchev–Trinajstić information content (AvgIpc) is 2.68. The van der Waals surface area contributed by atoms with Crippen LogP contribution in [0.1, 0.15) is 52.4 Å². The minimum absolute atomic E-state index is 0. The van der Waals surface area contributed by atoms with E-state index in [-0.39, 0.29) is 38.3 Å². The first-order valence-electron chi connectivity index (χ1n) is 5.34. The second-order valence-electron chi connectivity index (χ2n) is 3.94. The number of rotatable bonds is 5. The monoisotopic (exact) mass is 272 g/mol. The van der Waals surface area contributed by atoms with E-state index in [0.717, 1.165) is 12.8 Å². The first-order chi connectivity index (χ1) is 6.29. The maximum Gasteiger partial charge on any atom is 0.0733 e. The van der Waals surface area contributed by atoms with Crippen molar-refractivity contribution in [1.82, 2.24) is 0 Å². The van der Waals surface area contributed by atoms with Crippen LogP contribution in [-0.4, -0.2) is 12.1 Å². The molecule has 0 unspecified atom stereocenters. The van der Waals surface area contributed by atoms with Gasteiger partial charge in [-0.25, -0.2) is 0 Å². The molecular weight excluding hydrogens is 253 g/mol. The normalized spacial score (nSPS) is 17.6. The van der Waals surface area contributed by atoms with Gasteiger partial charge in [-0.15, -0.1) is 0 Å². The van der Waals surface area contributed by atoms with Crippen LogP contribution in [-0.2, 0) is 42.2 Å². The van der Waals surface area contributed by atoms with Gasteiger partial charge >= 0.3 is 0 Å². The van der Waals surface area contributed by atoms with Crippen LogP contribution in [0.2, 0.25) is 0 Å². The smallest absolute Gasteiger partial charge is 0.0733 e. The Morgan fingerprint density at radius 1 is 1.29 bits per heavy atom. The van der Waals surface area contributed by atoms with Crippen LogP contribution in [0.15, 0.2) is 0 Å². The van der Waals surface area contributed by atoms with E-state index in [2.05, 4.69) is 13.8 Å². The molecule has 0 aliphatic heterocycles. The van der Waals surface area contributed by atoms with E-state index >= 15 is 0 Å². The molecule has 3 heteroatoms. The molecule has 0 aromatic rings. The zero-order chi connectivity index (χ0) is 9.73. The molecule has 2 nitrogen and oxygen atoms in total. The standard InChI is InChI=1S/C11H19O2.Y/c1-3-11(4-2,13-9-12)10-7-5-6-8-10;/h10H,3-8H2,1-2H3;/q-1;. The zero-order valence-corrected chi connectivity index (χ0v) is 12.1. The van der Waals surface area contributed by atoms with Gasteiger partial charge in [0.1, 0.15) is 0 Å². The zero-order valence-electron chi connectivity index (χ0n) is 9.21. The Morgan fingerprint density at radius 3 is 2.14 bits per heavy atom. The summed E-state index contributed by atoms with van der Waals surface area (Å²) >= 11 is 0. The molecule has 0 aromatic heterocycles. The van der Waals surface area contributed by atoms with Gasteiger partial charge in [-0.2, -0.15) is 0 Å². The van der Waals surface area contributed by atoms with Gasteiger partial charge in [0.2, 0.25) is 0 Å². The largest absolute Gasteiger partial charge is 0.648 e. The Kier molecular flexibility index (Phi) is 7.23. The van der Waals surface area contributed by atoms with E-state index in [9.17, 15) is 4.79 Å².